The highest BCUT2D eigenvalue weighted by Gasteiger charge is 2.33. The molecule has 1 N–H and O–H groups in total. The summed E-state index contributed by atoms with van der Waals surface area (Å²) in [4.78, 5) is 13.6. The van der Waals surface area contributed by atoms with Crippen molar-refractivity contribution in [2.24, 2.45) is 0 Å². The summed E-state index contributed by atoms with van der Waals surface area (Å²) in [7, 11) is -3.76. The first-order chi connectivity index (χ1) is 11.3. The quantitative estimate of drug-likeness (QED) is 0.902. The van der Waals surface area contributed by atoms with Crippen molar-refractivity contribution in [3.63, 3.8) is 0 Å². The average Bonchev–Trinajstić information content (AvgIpc) is 2.87. The van der Waals surface area contributed by atoms with Gasteiger partial charge in [0.1, 0.15) is 5.82 Å². The third-order valence-electron chi connectivity index (χ3n) is 3.69. The minimum atomic E-state index is -3.76. The van der Waals surface area contributed by atoms with E-state index in [4.69, 9.17) is 11.6 Å². The van der Waals surface area contributed by atoms with Gasteiger partial charge >= 0.3 is 0 Å². The highest BCUT2D eigenvalue weighted by Crippen LogP contribution is 2.23. The molecule has 5 nitrogen and oxygen atoms in total. The second-order valence-electron chi connectivity index (χ2n) is 5.46. The Morgan fingerprint density at radius 3 is 2.54 bits per heavy atom. The molecule has 0 unspecified atom stereocenters. The van der Waals surface area contributed by atoms with Crippen LogP contribution in [0.3, 0.4) is 0 Å². The molecule has 24 heavy (non-hydrogen) atoms. The predicted molar refractivity (Wildman–Crippen MR) is 88.9 cm³/mol. The van der Waals surface area contributed by atoms with Gasteiger partial charge in [-0.15, -0.1) is 0 Å². The molecule has 2 aromatic rings. The number of hydrogen-bond acceptors (Lipinski definition) is 3. The van der Waals surface area contributed by atoms with Gasteiger partial charge in [0.15, 0.2) is 0 Å². The van der Waals surface area contributed by atoms with E-state index in [1.54, 1.807) is 6.07 Å². The number of nitrogens with zero attached hydrogens (tertiary/aromatic N) is 1. The number of carbonyl (C=O) groups is 1. The molecule has 1 saturated heterocycles. The summed E-state index contributed by atoms with van der Waals surface area (Å²) < 4.78 is 40.5. The number of carbonyl (C=O) groups excluding carboxylic acids is 1. The Labute approximate surface area is 144 Å². The lowest BCUT2D eigenvalue weighted by molar-refractivity contribution is -0.117. The van der Waals surface area contributed by atoms with Gasteiger partial charge in [-0.3, -0.25) is 4.79 Å². The Kier molecular flexibility index (Phi) is 4.58. The van der Waals surface area contributed by atoms with Crippen LogP contribution in [0.25, 0.3) is 0 Å². The summed E-state index contributed by atoms with van der Waals surface area (Å²) in [6.07, 6.45) is 0.0172. The van der Waals surface area contributed by atoms with Crippen molar-refractivity contribution < 1.29 is 17.6 Å². The van der Waals surface area contributed by atoms with Gasteiger partial charge in [-0.2, -0.15) is 0 Å². The first-order valence-electron chi connectivity index (χ1n) is 7.19. The Bertz CT molecular complexity index is 871. The number of nitrogens with one attached hydrogen (secondary N) is 1. The molecular formula is C16H14ClFN2O3S. The van der Waals surface area contributed by atoms with E-state index in [-0.39, 0.29) is 23.8 Å². The first-order valence-corrected chi connectivity index (χ1v) is 9.05. The number of benzene rings is 2. The molecule has 8 heteroatoms. The van der Waals surface area contributed by atoms with Gasteiger partial charge in [-0.05, 0) is 42.5 Å². The Balaban J connectivity index is 1.75. The van der Waals surface area contributed by atoms with Crippen LogP contribution < -0.4 is 9.62 Å². The monoisotopic (exact) mass is 368 g/mol. The van der Waals surface area contributed by atoms with Crippen LogP contribution in [0.5, 0.6) is 0 Å². The number of sulfonamides is 1. The summed E-state index contributed by atoms with van der Waals surface area (Å²) in [5, 5.41) is 0.433. The Morgan fingerprint density at radius 2 is 1.88 bits per heavy atom. The van der Waals surface area contributed by atoms with Crippen molar-refractivity contribution in [1.82, 2.24) is 4.72 Å². The highest BCUT2D eigenvalue weighted by atomic mass is 35.5. The molecule has 1 amide bonds. The molecular weight excluding hydrogens is 355 g/mol. The van der Waals surface area contributed by atoms with Crippen LogP contribution in [0.2, 0.25) is 5.02 Å². The minimum absolute atomic E-state index is 0.0172. The zero-order valence-electron chi connectivity index (χ0n) is 12.4. The summed E-state index contributed by atoms with van der Waals surface area (Å²) in [6, 6.07) is 10.8. The fourth-order valence-electron chi connectivity index (χ4n) is 2.58. The molecule has 1 atom stereocenters. The molecule has 0 aliphatic carbocycles. The topological polar surface area (TPSA) is 66.5 Å². The molecule has 0 radical (unpaired) electrons. The molecule has 1 aliphatic heterocycles. The summed E-state index contributed by atoms with van der Waals surface area (Å²) in [5.74, 6) is -0.713. The predicted octanol–water partition coefficient (Wildman–Crippen LogP) is 2.56. The molecule has 0 aromatic heterocycles. The van der Waals surface area contributed by atoms with E-state index in [0.717, 1.165) is 0 Å². The fourth-order valence-corrected chi connectivity index (χ4v) is 3.93. The van der Waals surface area contributed by atoms with E-state index in [1.807, 2.05) is 0 Å². The van der Waals surface area contributed by atoms with E-state index in [1.165, 1.54) is 47.4 Å². The van der Waals surface area contributed by atoms with Gasteiger partial charge in [-0.1, -0.05) is 17.7 Å². The number of rotatable bonds is 4. The van der Waals surface area contributed by atoms with Crippen LogP contribution in [-0.2, 0) is 14.8 Å². The Morgan fingerprint density at radius 1 is 1.17 bits per heavy atom. The second kappa shape index (κ2) is 6.51. The maximum Gasteiger partial charge on any atom is 0.240 e. The molecule has 1 heterocycles. The maximum atomic E-state index is 13.3. The number of amides is 1. The van der Waals surface area contributed by atoms with Crippen molar-refractivity contribution in [1.29, 1.82) is 0 Å². The molecule has 0 spiro atoms. The van der Waals surface area contributed by atoms with Crippen LogP contribution in [0.1, 0.15) is 6.42 Å². The van der Waals surface area contributed by atoms with Crippen LogP contribution in [0, 0.1) is 5.82 Å². The number of anilines is 1. The summed E-state index contributed by atoms with van der Waals surface area (Å²) in [5.41, 5.74) is 0.410. The van der Waals surface area contributed by atoms with Crippen LogP contribution >= 0.6 is 11.6 Å². The standard InChI is InChI=1S/C16H14ClFN2O3S/c17-11-4-6-15(7-5-11)24(22,23)19-13-9-16(21)20(10-13)14-3-1-2-12(18)8-14/h1-8,13,19H,9-10H2/t13-/m0/s1. The molecule has 1 fully saturated rings. The summed E-state index contributed by atoms with van der Waals surface area (Å²) >= 11 is 5.75. The minimum Gasteiger partial charge on any atom is -0.311 e. The van der Waals surface area contributed by atoms with Gasteiger partial charge in [-0.25, -0.2) is 17.5 Å². The number of halogens is 2. The molecule has 1 aliphatic rings. The lowest BCUT2D eigenvalue weighted by atomic mass is 10.3. The van der Waals surface area contributed by atoms with Gasteiger partial charge in [0.25, 0.3) is 0 Å². The van der Waals surface area contributed by atoms with E-state index in [9.17, 15) is 17.6 Å². The van der Waals surface area contributed by atoms with E-state index >= 15 is 0 Å². The molecule has 0 bridgehead atoms. The largest absolute Gasteiger partial charge is 0.311 e. The van der Waals surface area contributed by atoms with Crippen molar-refractivity contribution in [3.8, 4) is 0 Å². The van der Waals surface area contributed by atoms with Gasteiger partial charge in [0.05, 0.1) is 4.90 Å². The van der Waals surface area contributed by atoms with Crippen molar-refractivity contribution >= 4 is 33.2 Å². The second-order valence-corrected chi connectivity index (χ2v) is 7.61. The molecule has 2 aromatic carbocycles. The first kappa shape index (κ1) is 16.9. The van der Waals surface area contributed by atoms with Crippen LogP contribution in [0.4, 0.5) is 10.1 Å². The van der Waals surface area contributed by atoms with Gasteiger partial charge in [0, 0.05) is 29.7 Å². The zero-order valence-corrected chi connectivity index (χ0v) is 14.0. The highest BCUT2D eigenvalue weighted by molar-refractivity contribution is 7.89. The lowest BCUT2D eigenvalue weighted by Gasteiger charge is -2.17. The van der Waals surface area contributed by atoms with E-state index in [2.05, 4.69) is 4.72 Å². The molecule has 126 valence electrons. The van der Waals surface area contributed by atoms with E-state index in [0.29, 0.717) is 10.7 Å². The van der Waals surface area contributed by atoms with Crippen LogP contribution in [0.15, 0.2) is 53.4 Å². The van der Waals surface area contributed by atoms with Crippen LogP contribution in [-0.4, -0.2) is 26.9 Å². The van der Waals surface area contributed by atoms with Crippen molar-refractivity contribution in [2.75, 3.05) is 11.4 Å². The Hall–Kier alpha value is -1.96. The average molecular weight is 369 g/mol. The molecule has 3 rings (SSSR count). The third kappa shape index (κ3) is 3.58. The lowest BCUT2D eigenvalue weighted by Crippen LogP contribution is -2.37. The fraction of sp³-hybridized carbons (Fsp3) is 0.188. The SMILES string of the molecule is O=C1C[C@H](NS(=O)(=O)c2ccc(Cl)cc2)CN1c1cccc(F)c1. The van der Waals surface area contributed by atoms with Gasteiger partial charge in [0.2, 0.25) is 15.9 Å². The van der Waals surface area contributed by atoms with Crippen molar-refractivity contribution in [3.05, 3.63) is 59.4 Å². The normalized spacial score (nSPS) is 18.2. The third-order valence-corrected chi connectivity index (χ3v) is 5.48. The smallest absolute Gasteiger partial charge is 0.240 e. The zero-order chi connectivity index (χ0) is 17.3. The molecule has 0 saturated carbocycles. The van der Waals surface area contributed by atoms with Gasteiger partial charge < -0.3 is 4.90 Å². The number of hydrogen-bond donors (Lipinski definition) is 1. The van der Waals surface area contributed by atoms with E-state index < -0.39 is 21.9 Å². The maximum absolute atomic E-state index is 13.3. The summed E-state index contributed by atoms with van der Waals surface area (Å²) in [6.45, 7) is 0.148. The van der Waals surface area contributed by atoms with Crippen molar-refractivity contribution in [2.45, 2.75) is 17.4 Å².